The largest absolute Gasteiger partial charge is 0.485 e. The number of amides is 2. The summed E-state index contributed by atoms with van der Waals surface area (Å²) in [7, 11) is 0. The Kier molecular flexibility index (Phi) is 4.03. The van der Waals surface area contributed by atoms with Crippen LogP contribution in [-0.4, -0.2) is 33.7 Å². The van der Waals surface area contributed by atoms with Crippen LogP contribution in [0.5, 0.6) is 5.75 Å². The number of aliphatic hydroxyl groups is 1. The third-order valence-corrected chi connectivity index (χ3v) is 3.95. The average molecular weight is 303 g/mol. The number of urea groups is 1. The molecular formula is C16H21N3O3. The van der Waals surface area contributed by atoms with Gasteiger partial charge in [-0.3, -0.25) is 0 Å². The number of carbonyl (C=O) groups is 1. The molecule has 2 amide bonds. The molecule has 3 N–H and O–H groups in total. The van der Waals surface area contributed by atoms with Crippen LogP contribution in [0.4, 0.5) is 4.79 Å². The second kappa shape index (κ2) is 5.50. The zero-order valence-electron chi connectivity index (χ0n) is 13.2. The standard InChI is InChI=1S/C16H21N3O3/c1-9(2)19(15(18)21)14-13(20)11-7-10(8-17)5-6-12(11)22-16(14,3)4/h5-7,9,13-14,20H,1-4H3,(H2,18,21). The third kappa shape index (κ3) is 2.60. The molecule has 118 valence electrons. The molecule has 1 aromatic rings. The summed E-state index contributed by atoms with van der Waals surface area (Å²) in [5.74, 6) is 0.515. The molecular weight excluding hydrogens is 282 g/mol. The minimum absolute atomic E-state index is 0.194. The fourth-order valence-electron chi connectivity index (χ4n) is 3.04. The van der Waals surface area contributed by atoms with Crippen LogP contribution in [0.2, 0.25) is 0 Å². The molecule has 1 aliphatic rings. The molecule has 2 atom stereocenters. The molecule has 2 unspecified atom stereocenters. The molecule has 0 radical (unpaired) electrons. The number of fused-ring (bicyclic) bond motifs is 1. The first-order chi connectivity index (χ1) is 10.2. The molecule has 1 aliphatic heterocycles. The van der Waals surface area contributed by atoms with E-state index in [2.05, 4.69) is 0 Å². The minimum Gasteiger partial charge on any atom is -0.485 e. The van der Waals surface area contributed by atoms with Crippen LogP contribution >= 0.6 is 0 Å². The Bertz CT molecular complexity index is 634. The second-order valence-corrected chi connectivity index (χ2v) is 6.30. The van der Waals surface area contributed by atoms with Gasteiger partial charge in [0.25, 0.3) is 0 Å². The van der Waals surface area contributed by atoms with E-state index in [0.717, 1.165) is 0 Å². The first-order valence-corrected chi connectivity index (χ1v) is 7.18. The van der Waals surface area contributed by atoms with Crippen molar-refractivity contribution in [3.05, 3.63) is 29.3 Å². The van der Waals surface area contributed by atoms with Gasteiger partial charge in [-0.25, -0.2) is 4.79 Å². The molecule has 22 heavy (non-hydrogen) atoms. The van der Waals surface area contributed by atoms with E-state index in [0.29, 0.717) is 16.9 Å². The SMILES string of the molecule is CC(C)N(C(N)=O)C1C(O)c2cc(C#N)ccc2OC1(C)C. The molecule has 0 aliphatic carbocycles. The van der Waals surface area contributed by atoms with Gasteiger partial charge < -0.3 is 20.5 Å². The van der Waals surface area contributed by atoms with Gasteiger partial charge in [-0.15, -0.1) is 0 Å². The van der Waals surface area contributed by atoms with E-state index in [1.54, 1.807) is 32.0 Å². The molecule has 0 aromatic heterocycles. The summed E-state index contributed by atoms with van der Waals surface area (Å²) in [6, 6.07) is 5.47. The lowest BCUT2D eigenvalue weighted by Crippen LogP contribution is -2.62. The molecule has 0 bridgehead atoms. The second-order valence-electron chi connectivity index (χ2n) is 6.30. The highest BCUT2D eigenvalue weighted by Crippen LogP contribution is 2.42. The van der Waals surface area contributed by atoms with Gasteiger partial charge in [0, 0.05) is 11.6 Å². The number of aliphatic hydroxyl groups excluding tert-OH is 1. The van der Waals surface area contributed by atoms with Crippen molar-refractivity contribution >= 4 is 6.03 Å². The normalized spacial score (nSPS) is 22.4. The summed E-state index contributed by atoms with van der Waals surface area (Å²) in [4.78, 5) is 13.3. The van der Waals surface area contributed by atoms with E-state index in [9.17, 15) is 9.90 Å². The molecule has 0 saturated heterocycles. The van der Waals surface area contributed by atoms with Crippen molar-refractivity contribution in [1.82, 2.24) is 4.90 Å². The first kappa shape index (κ1) is 16.1. The third-order valence-electron chi connectivity index (χ3n) is 3.95. The van der Waals surface area contributed by atoms with Crippen LogP contribution < -0.4 is 10.5 Å². The molecule has 6 heteroatoms. The van der Waals surface area contributed by atoms with E-state index < -0.39 is 23.8 Å². The van der Waals surface area contributed by atoms with Crippen LogP contribution in [0, 0.1) is 11.3 Å². The summed E-state index contributed by atoms with van der Waals surface area (Å²) in [5.41, 5.74) is 5.60. The van der Waals surface area contributed by atoms with Crippen molar-refractivity contribution < 1.29 is 14.6 Å². The lowest BCUT2D eigenvalue weighted by Gasteiger charge is -2.48. The zero-order chi connectivity index (χ0) is 16.7. The topological polar surface area (TPSA) is 99.6 Å². The van der Waals surface area contributed by atoms with E-state index in [-0.39, 0.29) is 6.04 Å². The number of nitriles is 1. The molecule has 0 spiro atoms. The van der Waals surface area contributed by atoms with E-state index in [1.807, 2.05) is 19.9 Å². The van der Waals surface area contributed by atoms with Gasteiger partial charge >= 0.3 is 6.03 Å². The maximum atomic E-state index is 11.8. The molecule has 0 fully saturated rings. The van der Waals surface area contributed by atoms with Crippen molar-refractivity contribution in [3.63, 3.8) is 0 Å². The van der Waals surface area contributed by atoms with Crippen LogP contribution in [0.25, 0.3) is 0 Å². The quantitative estimate of drug-likeness (QED) is 0.871. The van der Waals surface area contributed by atoms with Gasteiger partial charge in [0.15, 0.2) is 0 Å². The number of benzene rings is 1. The highest BCUT2D eigenvalue weighted by atomic mass is 16.5. The van der Waals surface area contributed by atoms with Crippen LogP contribution in [0.3, 0.4) is 0 Å². The van der Waals surface area contributed by atoms with Crippen molar-refractivity contribution in [1.29, 1.82) is 5.26 Å². The predicted octanol–water partition coefficient (Wildman–Crippen LogP) is 1.92. The van der Waals surface area contributed by atoms with Crippen molar-refractivity contribution in [2.45, 2.75) is 51.5 Å². The molecule has 1 heterocycles. The fourth-order valence-corrected chi connectivity index (χ4v) is 3.04. The Morgan fingerprint density at radius 2 is 2.14 bits per heavy atom. The van der Waals surface area contributed by atoms with Crippen molar-refractivity contribution in [2.24, 2.45) is 5.73 Å². The summed E-state index contributed by atoms with van der Waals surface area (Å²) in [6.07, 6.45) is -0.984. The fraction of sp³-hybridized carbons (Fsp3) is 0.500. The van der Waals surface area contributed by atoms with Crippen LogP contribution in [-0.2, 0) is 0 Å². The van der Waals surface area contributed by atoms with Gasteiger partial charge in [0.2, 0.25) is 0 Å². The van der Waals surface area contributed by atoms with Gasteiger partial charge in [-0.1, -0.05) is 0 Å². The van der Waals surface area contributed by atoms with Crippen LogP contribution in [0.15, 0.2) is 18.2 Å². The smallest absolute Gasteiger partial charge is 0.315 e. The number of nitrogens with two attached hydrogens (primary N) is 1. The summed E-state index contributed by atoms with van der Waals surface area (Å²) in [5, 5.41) is 19.8. The molecule has 2 rings (SSSR count). The number of carbonyl (C=O) groups excluding carboxylic acids is 1. The Balaban J connectivity index is 2.55. The highest BCUT2D eigenvalue weighted by Gasteiger charge is 2.48. The Hall–Kier alpha value is -2.26. The predicted molar refractivity (Wildman–Crippen MR) is 81.2 cm³/mol. The van der Waals surface area contributed by atoms with Crippen molar-refractivity contribution in [3.8, 4) is 11.8 Å². The number of primary amides is 1. The van der Waals surface area contributed by atoms with Gasteiger partial charge in [-0.2, -0.15) is 5.26 Å². The maximum absolute atomic E-state index is 11.8. The van der Waals surface area contributed by atoms with Gasteiger partial charge in [0.05, 0.1) is 11.6 Å². The number of hydrogen-bond donors (Lipinski definition) is 2. The molecule has 6 nitrogen and oxygen atoms in total. The van der Waals surface area contributed by atoms with Crippen LogP contribution in [0.1, 0.15) is 44.9 Å². The molecule has 0 saturated carbocycles. The number of rotatable bonds is 2. The number of nitrogens with zero attached hydrogens (tertiary/aromatic N) is 2. The first-order valence-electron chi connectivity index (χ1n) is 7.18. The van der Waals surface area contributed by atoms with E-state index >= 15 is 0 Å². The average Bonchev–Trinajstić information content (AvgIpc) is 2.41. The molecule has 1 aromatic carbocycles. The highest BCUT2D eigenvalue weighted by molar-refractivity contribution is 5.73. The lowest BCUT2D eigenvalue weighted by atomic mass is 9.84. The van der Waals surface area contributed by atoms with Gasteiger partial charge in [0.1, 0.15) is 23.5 Å². The minimum atomic E-state index is -0.984. The number of ether oxygens (including phenoxy) is 1. The van der Waals surface area contributed by atoms with Crippen molar-refractivity contribution in [2.75, 3.05) is 0 Å². The number of hydrogen-bond acceptors (Lipinski definition) is 4. The maximum Gasteiger partial charge on any atom is 0.315 e. The Labute approximate surface area is 130 Å². The summed E-state index contributed by atoms with van der Waals surface area (Å²) < 4.78 is 5.96. The Morgan fingerprint density at radius 1 is 1.50 bits per heavy atom. The van der Waals surface area contributed by atoms with E-state index in [4.69, 9.17) is 15.7 Å². The summed E-state index contributed by atoms with van der Waals surface area (Å²) in [6.45, 7) is 7.27. The van der Waals surface area contributed by atoms with E-state index in [1.165, 1.54) is 4.90 Å². The lowest BCUT2D eigenvalue weighted by molar-refractivity contribution is -0.0745. The zero-order valence-corrected chi connectivity index (χ0v) is 13.2. The summed E-state index contributed by atoms with van der Waals surface area (Å²) >= 11 is 0. The van der Waals surface area contributed by atoms with Gasteiger partial charge in [-0.05, 0) is 45.9 Å². The monoisotopic (exact) mass is 303 g/mol. The Morgan fingerprint density at radius 3 is 2.64 bits per heavy atom.